The van der Waals surface area contributed by atoms with E-state index in [1.54, 1.807) is 36.4 Å². The third-order valence-electron chi connectivity index (χ3n) is 6.55. The number of amides is 2. The highest BCUT2D eigenvalue weighted by Crippen LogP contribution is 2.52. The molecule has 0 unspecified atom stereocenters. The van der Waals surface area contributed by atoms with Crippen molar-refractivity contribution in [1.29, 1.82) is 0 Å². The zero-order chi connectivity index (χ0) is 23.9. The molecule has 3 atom stereocenters. The van der Waals surface area contributed by atoms with Crippen molar-refractivity contribution in [3.8, 4) is 10.6 Å². The molecule has 2 aliphatic rings. The van der Waals surface area contributed by atoms with E-state index in [9.17, 15) is 19.7 Å². The minimum atomic E-state index is -0.471. The lowest BCUT2D eigenvalue weighted by Crippen LogP contribution is -2.36. The molecule has 9 nitrogen and oxygen atoms in total. The summed E-state index contributed by atoms with van der Waals surface area (Å²) in [6, 6.07) is 12.7. The summed E-state index contributed by atoms with van der Waals surface area (Å²) in [5.41, 5.74) is 1.16. The van der Waals surface area contributed by atoms with Crippen molar-refractivity contribution in [1.82, 2.24) is 10.2 Å². The lowest BCUT2D eigenvalue weighted by Gasteiger charge is -2.29. The van der Waals surface area contributed by atoms with E-state index in [-0.39, 0.29) is 23.4 Å². The van der Waals surface area contributed by atoms with Crippen LogP contribution in [-0.2, 0) is 4.79 Å². The summed E-state index contributed by atoms with van der Waals surface area (Å²) in [4.78, 5) is 36.1. The molecular weight excluding hydrogens is 454 g/mol. The van der Waals surface area contributed by atoms with Gasteiger partial charge in [-0.25, -0.2) is 0 Å². The van der Waals surface area contributed by atoms with Gasteiger partial charge in [0.1, 0.15) is 5.01 Å². The van der Waals surface area contributed by atoms with Crippen molar-refractivity contribution in [3.05, 3.63) is 76.4 Å². The topological polar surface area (TPSA) is 127 Å². The number of non-ortho nitro benzene ring substituents is 1. The van der Waals surface area contributed by atoms with E-state index in [1.165, 1.54) is 12.1 Å². The first-order valence-corrected chi connectivity index (χ1v) is 11.6. The number of rotatable bonds is 6. The Balaban J connectivity index is 1.25. The first-order chi connectivity index (χ1) is 16.3. The molecule has 2 aromatic carbocycles. The van der Waals surface area contributed by atoms with Gasteiger partial charge in [0.05, 0.1) is 10.3 Å². The van der Waals surface area contributed by atoms with Gasteiger partial charge in [0.25, 0.3) is 11.6 Å². The van der Waals surface area contributed by atoms with Crippen LogP contribution in [0.4, 0.5) is 16.5 Å². The number of anilines is 2. The predicted molar refractivity (Wildman–Crippen MR) is 128 cm³/mol. The second-order valence-corrected chi connectivity index (χ2v) is 9.79. The van der Waals surface area contributed by atoms with Gasteiger partial charge < -0.3 is 5.32 Å². The molecule has 172 valence electrons. The van der Waals surface area contributed by atoms with Crippen LogP contribution in [0.15, 0.2) is 60.7 Å². The summed E-state index contributed by atoms with van der Waals surface area (Å²) in [5.74, 6) is 0.322. The number of nitrogens with one attached hydrogen (secondary N) is 2. The van der Waals surface area contributed by atoms with Crippen LogP contribution in [0.2, 0.25) is 0 Å². The number of aromatic nitrogens is 2. The average molecular weight is 476 g/mol. The van der Waals surface area contributed by atoms with Crippen molar-refractivity contribution < 1.29 is 14.5 Å². The number of hydrogen-bond donors (Lipinski definition) is 2. The van der Waals surface area contributed by atoms with Crippen LogP contribution in [0.5, 0.6) is 0 Å². The van der Waals surface area contributed by atoms with Gasteiger partial charge in [-0.15, -0.1) is 10.2 Å². The van der Waals surface area contributed by atoms with Crippen LogP contribution in [0.25, 0.3) is 10.6 Å². The fraction of sp³-hybridized carbons (Fsp3) is 0.250. The Morgan fingerprint density at radius 3 is 2.59 bits per heavy atom. The number of hydrogen-bond acceptors (Lipinski definition) is 7. The Hall–Kier alpha value is -3.92. The van der Waals surface area contributed by atoms with Gasteiger partial charge in [0.15, 0.2) is 0 Å². The Labute approximate surface area is 199 Å². The van der Waals surface area contributed by atoms with E-state index in [2.05, 4.69) is 33.0 Å². The highest BCUT2D eigenvalue weighted by atomic mass is 32.1. The maximum Gasteiger partial charge on any atom is 0.269 e. The number of nitrogens with zero attached hydrogens (tertiary/aromatic N) is 3. The lowest BCUT2D eigenvalue weighted by molar-refractivity contribution is -0.384. The molecule has 0 aliphatic heterocycles. The molecule has 2 N–H and O–H groups in total. The van der Waals surface area contributed by atoms with E-state index in [1.807, 2.05) is 6.92 Å². The van der Waals surface area contributed by atoms with E-state index >= 15 is 0 Å². The zero-order valence-electron chi connectivity index (χ0n) is 18.2. The molecule has 0 radical (unpaired) electrons. The van der Waals surface area contributed by atoms with Gasteiger partial charge in [0, 0.05) is 28.9 Å². The highest BCUT2D eigenvalue weighted by molar-refractivity contribution is 7.18. The Morgan fingerprint density at radius 1 is 1.12 bits per heavy atom. The number of carbonyl (C=O) groups excluding carboxylic acids is 2. The van der Waals surface area contributed by atoms with Crippen molar-refractivity contribution in [2.24, 2.45) is 17.3 Å². The van der Waals surface area contributed by atoms with Gasteiger partial charge in [-0.1, -0.05) is 36.5 Å². The summed E-state index contributed by atoms with van der Waals surface area (Å²) in [5, 5.41) is 25.4. The monoisotopic (exact) mass is 475 g/mol. The maximum atomic E-state index is 13.0. The quantitative estimate of drug-likeness (QED) is 0.296. The van der Waals surface area contributed by atoms with Crippen LogP contribution >= 0.6 is 11.3 Å². The number of nitro groups is 1. The Morgan fingerprint density at radius 2 is 1.91 bits per heavy atom. The zero-order valence-corrected chi connectivity index (χ0v) is 19.0. The van der Waals surface area contributed by atoms with Crippen LogP contribution in [0, 0.1) is 27.4 Å². The average Bonchev–Trinajstić information content (AvgIpc) is 3.56. The van der Waals surface area contributed by atoms with Crippen molar-refractivity contribution >= 4 is 39.7 Å². The standard InChI is InChI=1S/C24H21N5O4S/c1-24(13-14-5-8-17(24)11-14)22(31)25-18-4-2-3-16(12-18)20(30)26-23-28-27-21(34-23)15-6-9-19(10-7-15)29(32)33/h2-10,12,14,17H,11,13H2,1H3,(H,25,31)(H,26,28,30)/t14-,17-,24+/m0/s1. The molecule has 2 bridgehead atoms. The van der Waals surface area contributed by atoms with Crippen LogP contribution < -0.4 is 10.6 Å². The van der Waals surface area contributed by atoms with E-state index in [0.717, 1.165) is 24.2 Å². The van der Waals surface area contributed by atoms with Crippen LogP contribution in [0.3, 0.4) is 0 Å². The Kier molecular flexibility index (Phi) is 5.45. The van der Waals surface area contributed by atoms with Crippen molar-refractivity contribution in [2.45, 2.75) is 19.8 Å². The van der Waals surface area contributed by atoms with Crippen molar-refractivity contribution in [2.75, 3.05) is 10.6 Å². The molecule has 1 heterocycles. The third kappa shape index (κ3) is 4.08. The van der Waals surface area contributed by atoms with Gasteiger partial charge in [-0.2, -0.15) is 0 Å². The molecule has 5 rings (SSSR count). The largest absolute Gasteiger partial charge is 0.326 e. The van der Waals surface area contributed by atoms with E-state index in [0.29, 0.717) is 32.9 Å². The minimum Gasteiger partial charge on any atom is -0.326 e. The molecule has 2 amide bonds. The first kappa shape index (κ1) is 21.9. The smallest absolute Gasteiger partial charge is 0.269 e. The summed E-state index contributed by atoms with van der Waals surface area (Å²) in [7, 11) is 0. The van der Waals surface area contributed by atoms with Crippen molar-refractivity contribution in [3.63, 3.8) is 0 Å². The fourth-order valence-corrected chi connectivity index (χ4v) is 5.40. The van der Waals surface area contributed by atoms with Gasteiger partial charge in [-0.3, -0.25) is 25.0 Å². The van der Waals surface area contributed by atoms with Gasteiger partial charge in [-0.05, 0) is 55.0 Å². The summed E-state index contributed by atoms with van der Waals surface area (Å²) in [6.45, 7) is 2.01. The molecule has 2 aliphatic carbocycles. The number of nitro benzene ring substituents is 1. The van der Waals surface area contributed by atoms with E-state index in [4.69, 9.17) is 0 Å². The highest BCUT2D eigenvalue weighted by Gasteiger charge is 2.49. The molecule has 1 fully saturated rings. The third-order valence-corrected chi connectivity index (χ3v) is 7.44. The summed E-state index contributed by atoms with van der Waals surface area (Å²) in [6.07, 6.45) is 6.21. The minimum absolute atomic E-state index is 0.0142. The molecule has 1 saturated carbocycles. The SMILES string of the molecule is C[C@@]1(C(=O)Nc2cccc(C(=O)Nc3nnc(-c4ccc([N+](=O)[O-])cc4)s3)c2)C[C@H]2C=C[C@H]1C2. The second-order valence-electron chi connectivity index (χ2n) is 8.81. The molecular formula is C24H21N5O4S. The molecule has 0 spiro atoms. The molecule has 0 saturated heterocycles. The number of carbonyl (C=O) groups is 2. The molecule has 3 aromatic rings. The summed E-state index contributed by atoms with van der Waals surface area (Å²) >= 11 is 1.16. The maximum absolute atomic E-state index is 13.0. The first-order valence-electron chi connectivity index (χ1n) is 10.8. The molecule has 1 aromatic heterocycles. The fourth-order valence-electron chi connectivity index (χ4n) is 4.65. The summed E-state index contributed by atoms with van der Waals surface area (Å²) < 4.78 is 0. The van der Waals surface area contributed by atoms with Crippen LogP contribution in [0.1, 0.15) is 30.1 Å². The van der Waals surface area contributed by atoms with Crippen LogP contribution in [-0.4, -0.2) is 26.9 Å². The number of fused-ring (bicyclic) bond motifs is 2. The van der Waals surface area contributed by atoms with Gasteiger partial charge in [0.2, 0.25) is 11.0 Å². The second kappa shape index (κ2) is 8.45. The van der Waals surface area contributed by atoms with E-state index < -0.39 is 10.3 Å². The predicted octanol–water partition coefficient (Wildman–Crippen LogP) is 4.91. The van der Waals surface area contributed by atoms with Gasteiger partial charge >= 0.3 is 0 Å². The number of allylic oxidation sites excluding steroid dienone is 2. The molecule has 10 heteroatoms. The molecule has 34 heavy (non-hydrogen) atoms. The number of benzene rings is 2. The normalized spacial score (nSPS) is 22.5. The lowest BCUT2D eigenvalue weighted by atomic mass is 9.77. The Bertz CT molecular complexity index is 1320.